The van der Waals surface area contributed by atoms with E-state index in [1.54, 1.807) is 18.4 Å². The summed E-state index contributed by atoms with van der Waals surface area (Å²) in [6.07, 6.45) is 2.93. The molecule has 6 nitrogen and oxygen atoms in total. The van der Waals surface area contributed by atoms with Gasteiger partial charge in [0.15, 0.2) is 11.6 Å². The van der Waals surface area contributed by atoms with Crippen molar-refractivity contribution in [3.8, 4) is 5.75 Å². The molecule has 1 saturated carbocycles. The highest BCUT2D eigenvalue weighted by Gasteiger charge is 2.30. The molecule has 26 heavy (non-hydrogen) atoms. The molecule has 0 radical (unpaired) electrons. The van der Waals surface area contributed by atoms with Crippen LogP contribution in [-0.2, 0) is 0 Å². The molecule has 0 aliphatic heterocycles. The number of ether oxygens (including phenoxy) is 1. The minimum Gasteiger partial charge on any atom is -0.487 e. The summed E-state index contributed by atoms with van der Waals surface area (Å²) in [6.45, 7) is 3.47. The molecule has 0 spiro atoms. The van der Waals surface area contributed by atoms with E-state index in [4.69, 9.17) is 22.1 Å². The van der Waals surface area contributed by atoms with Gasteiger partial charge in [0.1, 0.15) is 17.2 Å². The van der Waals surface area contributed by atoms with Gasteiger partial charge in [-0.1, -0.05) is 11.6 Å². The molecular formula is C17H19Cl2FN2O4. The number of aromatic carboxylic acids is 1. The second kappa shape index (κ2) is 7.06. The molecule has 0 saturated heterocycles. The summed E-state index contributed by atoms with van der Waals surface area (Å²) in [4.78, 5) is 23.7. The van der Waals surface area contributed by atoms with Crippen LogP contribution in [0.4, 0.5) is 4.39 Å². The van der Waals surface area contributed by atoms with Crippen molar-refractivity contribution in [3.05, 3.63) is 38.9 Å². The number of carboxylic acids is 1. The molecule has 0 atom stereocenters. The maximum atomic E-state index is 14.5. The molecule has 1 aliphatic rings. The lowest BCUT2D eigenvalue weighted by Crippen LogP contribution is -2.38. The van der Waals surface area contributed by atoms with E-state index in [1.165, 1.54) is 6.20 Å². The third-order valence-corrected chi connectivity index (χ3v) is 4.28. The van der Waals surface area contributed by atoms with Crippen molar-refractivity contribution >= 4 is 40.9 Å². The molecule has 3 N–H and O–H groups in total. The van der Waals surface area contributed by atoms with Crippen LogP contribution in [0.5, 0.6) is 5.75 Å². The summed E-state index contributed by atoms with van der Waals surface area (Å²) in [5, 5.41) is 9.11. The third-order valence-electron chi connectivity index (χ3n) is 3.93. The number of rotatable bonds is 5. The van der Waals surface area contributed by atoms with E-state index >= 15 is 0 Å². The highest BCUT2D eigenvalue weighted by molar-refractivity contribution is 6.36. The predicted molar refractivity (Wildman–Crippen MR) is 99.4 cm³/mol. The van der Waals surface area contributed by atoms with Gasteiger partial charge in [0.25, 0.3) is 0 Å². The molecule has 0 amide bonds. The van der Waals surface area contributed by atoms with Gasteiger partial charge in [0.2, 0.25) is 5.43 Å². The SMILES string of the molecule is CC(C)(N)COc1c(F)cc2c(=O)c(C(=O)O)cn(C3CC3)c2c1Cl.Cl. The first kappa shape index (κ1) is 20.5. The Morgan fingerprint density at radius 3 is 2.62 bits per heavy atom. The summed E-state index contributed by atoms with van der Waals surface area (Å²) >= 11 is 6.34. The van der Waals surface area contributed by atoms with Crippen molar-refractivity contribution in [1.82, 2.24) is 4.57 Å². The van der Waals surface area contributed by atoms with Crippen LogP contribution in [0.15, 0.2) is 17.1 Å². The Morgan fingerprint density at radius 1 is 1.50 bits per heavy atom. The Balaban J connectivity index is 0.00000243. The van der Waals surface area contributed by atoms with Crippen LogP contribution in [0, 0.1) is 5.82 Å². The molecule has 142 valence electrons. The largest absolute Gasteiger partial charge is 0.487 e. The minimum absolute atomic E-state index is 0. The van der Waals surface area contributed by atoms with Crippen LogP contribution in [0.3, 0.4) is 0 Å². The van der Waals surface area contributed by atoms with Crippen molar-refractivity contribution < 1.29 is 19.0 Å². The number of fused-ring (bicyclic) bond motifs is 1. The predicted octanol–water partition coefficient (Wildman–Crippen LogP) is 3.37. The number of nitrogens with two attached hydrogens (primary N) is 1. The molecule has 0 bridgehead atoms. The number of benzene rings is 1. The molecule has 1 fully saturated rings. The Morgan fingerprint density at radius 2 is 2.12 bits per heavy atom. The van der Waals surface area contributed by atoms with E-state index in [2.05, 4.69) is 0 Å². The second-order valence-corrected chi connectivity index (χ2v) is 7.37. The van der Waals surface area contributed by atoms with E-state index in [-0.39, 0.29) is 46.7 Å². The minimum atomic E-state index is -1.36. The van der Waals surface area contributed by atoms with E-state index in [0.717, 1.165) is 18.9 Å². The van der Waals surface area contributed by atoms with Gasteiger partial charge in [-0.2, -0.15) is 0 Å². The lowest BCUT2D eigenvalue weighted by molar-refractivity contribution is 0.0695. The van der Waals surface area contributed by atoms with Crippen molar-refractivity contribution in [3.63, 3.8) is 0 Å². The van der Waals surface area contributed by atoms with Crippen molar-refractivity contribution in [2.24, 2.45) is 5.73 Å². The number of halogens is 3. The van der Waals surface area contributed by atoms with Crippen molar-refractivity contribution in [2.75, 3.05) is 6.61 Å². The van der Waals surface area contributed by atoms with Gasteiger partial charge in [0, 0.05) is 17.8 Å². The summed E-state index contributed by atoms with van der Waals surface area (Å²) in [5.41, 5.74) is 4.25. The van der Waals surface area contributed by atoms with Gasteiger partial charge in [-0.25, -0.2) is 9.18 Å². The quantitative estimate of drug-likeness (QED) is 0.796. The lowest BCUT2D eigenvalue weighted by atomic mass is 10.1. The normalized spacial score (nSPS) is 14.2. The number of aromatic nitrogens is 1. The first-order chi connectivity index (χ1) is 11.6. The van der Waals surface area contributed by atoms with Gasteiger partial charge in [0.05, 0.1) is 10.9 Å². The second-order valence-electron chi connectivity index (χ2n) is 6.99. The van der Waals surface area contributed by atoms with E-state index in [1.807, 2.05) is 0 Å². The fourth-order valence-corrected chi connectivity index (χ4v) is 2.95. The van der Waals surface area contributed by atoms with Crippen LogP contribution in [0.2, 0.25) is 5.02 Å². The number of carboxylic acid groups (broad SMARTS) is 1. The summed E-state index contributed by atoms with van der Waals surface area (Å²) in [7, 11) is 0. The van der Waals surface area contributed by atoms with Crippen molar-refractivity contribution in [1.29, 1.82) is 0 Å². The van der Waals surface area contributed by atoms with E-state index in [9.17, 15) is 19.1 Å². The fourth-order valence-electron chi connectivity index (χ4n) is 2.61. The topological polar surface area (TPSA) is 94.6 Å². The average Bonchev–Trinajstić information content (AvgIpc) is 3.31. The number of carbonyl (C=O) groups is 1. The molecule has 1 aliphatic carbocycles. The molecule has 1 aromatic carbocycles. The van der Waals surface area contributed by atoms with Gasteiger partial charge in [-0.3, -0.25) is 4.79 Å². The summed E-state index contributed by atoms with van der Waals surface area (Å²) in [6, 6.07) is 1.01. The zero-order chi connectivity index (χ0) is 18.5. The summed E-state index contributed by atoms with van der Waals surface area (Å²) in [5.74, 6) is -2.38. The molecule has 1 aromatic heterocycles. The van der Waals surface area contributed by atoms with Gasteiger partial charge < -0.3 is 20.1 Å². The summed E-state index contributed by atoms with van der Waals surface area (Å²) < 4.78 is 21.5. The van der Waals surface area contributed by atoms with E-state index in [0.29, 0.717) is 0 Å². The van der Waals surface area contributed by atoms with Gasteiger partial charge >= 0.3 is 5.97 Å². The Bertz CT molecular complexity index is 933. The maximum Gasteiger partial charge on any atom is 0.341 e. The monoisotopic (exact) mass is 404 g/mol. The molecule has 3 rings (SSSR count). The van der Waals surface area contributed by atoms with Gasteiger partial charge in [-0.15, -0.1) is 12.4 Å². The van der Waals surface area contributed by atoms with Crippen LogP contribution in [0.1, 0.15) is 43.1 Å². The van der Waals surface area contributed by atoms with Crippen LogP contribution >= 0.6 is 24.0 Å². The number of hydrogen-bond donors (Lipinski definition) is 2. The smallest absolute Gasteiger partial charge is 0.341 e. The van der Waals surface area contributed by atoms with Crippen LogP contribution < -0.4 is 15.9 Å². The maximum absolute atomic E-state index is 14.5. The van der Waals surface area contributed by atoms with Crippen molar-refractivity contribution in [2.45, 2.75) is 38.3 Å². The molecule has 9 heteroatoms. The number of nitrogens with zero attached hydrogens (tertiary/aromatic N) is 1. The standard InChI is InChI=1S/C17H18ClFN2O4.ClH/c1-17(2,20)7-25-15-11(19)5-9-13(12(15)18)21(8-3-4-8)6-10(14(9)22)16(23)24;/h5-6,8H,3-4,7,20H2,1-2H3,(H,23,24);1H. The Labute approximate surface area is 160 Å². The average molecular weight is 405 g/mol. The molecular weight excluding hydrogens is 386 g/mol. The zero-order valence-corrected chi connectivity index (χ0v) is 15.8. The Hall–Kier alpha value is -1.83. The third kappa shape index (κ3) is 3.79. The Kier molecular flexibility index (Phi) is 5.56. The van der Waals surface area contributed by atoms with Crippen LogP contribution in [-0.4, -0.2) is 27.8 Å². The van der Waals surface area contributed by atoms with Crippen LogP contribution in [0.25, 0.3) is 10.9 Å². The zero-order valence-electron chi connectivity index (χ0n) is 14.2. The van der Waals surface area contributed by atoms with E-state index < -0.39 is 28.3 Å². The highest BCUT2D eigenvalue weighted by Crippen LogP contribution is 2.41. The first-order valence-corrected chi connectivity index (χ1v) is 8.20. The fraction of sp³-hybridized carbons (Fsp3) is 0.412. The lowest BCUT2D eigenvalue weighted by Gasteiger charge is -2.21. The van der Waals surface area contributed by atoms with Gasteiger partial charge in [-0.05, 0) is 32.8 Å². The highest BCUT2D eigenvalue weighted by atomic mass is 35.5. The molecule has 0 unspecified atom stereocenters. The molecule has 1 heterocycles. The number of pyridine rings is 1. The number of hydrogen-bond acceptors (Lipinski definition) is 4. The molecule has 2 aromatic rings. The first-order valence-electron chi connectivity index (χ1n) is 7.82.